The minimum atomic E-state index is 0.132. The monoisotopic (exact) mass is 236 g/mol. The number of benzene rings is 1. The van der Waals surface area contributed by atoms with Gasteiger partial charge in [0.25, 0.3) is 0 Å². The van der Waals surface area contributed by atoms with Crippen LogP contribution < -0.4 is 10.5 Å². The molecule has 4 nitrogen and oxygen atoms in total. The predicted molar refractivity (Wildman–Crippen MR) is 67.8 cm³/mol. The summed E-state index contributed by atoms with van der Waals surface area (Å²) in [6.45, 7) is 1.10. The first-order valence-electron chi connectivity index (χ1n) is 5.75. The Kier molecular flexibility index (Phi) is 5.49. The molecule has 0 heterocycles. The number of nitrogens with zero attached hydrogens (tertiary/aromatic N) is 1. The lowest BCUT2D eigenvalue weighted by Crippen LogP contribution is -2.21. The predicted octanol–water partition coefficient (Wildman–Crippen LogP) is 1.39. The second-order valence-electron chi connectivity index (χ2n) is 4.09. The quantitative estimate of drug-likeness (QED) is 0.759. The molecule has 0 atom stereocenters. The molecule has 0 saturated carbocycles. The van der Waals surface area contributed by atoms with E-state index in [4.69, 9.17) is 10.5 Å². The van der Waals surface area contributed by atoms with Crippen molar-refractivity contribution in [1.29, 1.82) is 0 Å². The molecule has 0 aliphatic carbocycles. The molecular formula is C13H20N2O2. The Labute approximate surface area is 102 Å². The SMILES string of the molecule is CN(C)C(=O)CCCOc1ccc(CN)cc1. The molecule has 0 bridgehead atoms. The van der Waals surface area contributed by atoms with E-state index in [1.807, 2.05) is 24.3 Å². The molecule has 0 fully saturated rings. The van der Waals surface area contributed by atoms with E-state index >= 15 is 0 Å². The van der Waals surface area contributed by atoms with E-state index in [1.165, 1.54) is 0 Å². The van der Waals surface area contributed by atoms with Gasteiger partial charge in [0.2, 0.25) is 5.91 Å². The summed E-state index contributed by atoms with van der Waals surface area (Å²) < 4.78 is 5.52. The molecule has 1 aromatic rings. The molecule has 0 spiro atoms. The number of nitrogens with two attached hydrogens (primary N) is 1. The van der Waals surface area contributed by atoms with Gasteiger partial charge in [-0.15, -0.1) is 0 Å². The second-order valence-corrected chi connectivity index (χ2v) is 4.09. The van der Waals surface area contributed by atoms with Crippen LogP contribution >= 0.6 is 0 Å². The molecule has 0 saturated heterocycles. The first-order valence-corrected chi connectivity index (χ1v) is 5.75. The molecule has 4 heteroatoms. The van der Waals surface area contributed by atoms with Crippen LogP contribution in [0, 0.1) is 0 Å². The van der Waals surface area contributed by atoms with E-state index in [-0.39, 0.29) is 5.91 Å². The van der Waals surface area contributed by atoms with Crippen molar-refractivity contribution in [2.45, 2.75) is 19.4 Å². The lowest BCUT2D eigenvalue weighted by Gasteiger charge is -2.10. The normalized spacial score (nSPS) is 10.1. The summed E-state index contributed by atoms with van der Waals surface area (Å²) in [4.78, 5) is 12.9. The minimum Gasteiger partial charge on any atom is -0.494 e. The standard InChI is InChI=1S/C13H20N2O2/c1-15(2)13(16)4-3-9-17-12-7-5-11(10-14)6-8-12/h5-8H,3-4,9-10,14H2,1-2H3. The third kappa shape index (κ3) is 4.87. The van der Waals surface area contributed by atoms with Gasteiger partial charge in [-0.25, -0.2) is 0 Å². The molecule has 0 unspecified atom stereocenters. The van der Waals surface area contributed by atoms with Gasteiger partial charge in [-0.3, -0.25) is 4.79 Å². The van der Waals surface area contributed by atoms with Crippen LogP contribution in [0.25, 0.3) is 0 Å². The third-order valence-corrected chi connectivity index (χ3v) is 2.46. The van der Waals surface area contributed by atoms with Crippen molar-refractivity contribution >= 4 is 5.91 Å². The van der Waals surface area contributed by atoms with E-state index in [1.54, 1.807) is 19.0 Å². The van der Waals surface area contributed by atoms with Gasteiger partial charge in [-0.1, -0.05) is 12.1 Å². The fourth-order valence-electron chi connectivity index (χ4n) is 1.36. The van der Waals surface area contributed by atoms with E-state index in [2.05, 4.69) is 0 Å². The molecule has 17 heavy (non-hydrogen) atoms. The van der Waals surface area contributed by atoms with E-state index in [0.717, 1.165) is 17.7 Å². The zero-order valence-corrected chi connectivity index (χ0v) is 10.5. The Balaban J connectivity index is 2.24. The van der Waals surface area contributed by atoms with Crippen molar-refractivity contribution in [1.82, 2.24) is 4.90 Å². The van der Waals surface area contributed by atoms with Crippen LogP contribution in [-0.4, -0.2) is 31.5 Å². The molecule has 0 aliphatic rings. The number of carbonyl (C=O) groups excluding carboxylic acids is 1. The first-order chi connectivity index (χ1) is 8.13. The van der Waals surface area contributed by atoms with Crippen molar-refractivity contribution in [2.24, 2.45) is 5.73 Å². The van der Waals surface area contributed by atoms with E-state index in [9.17, 15) is 4.79 Å². The highest BCUT2D eigenvalue weighted by molar-refractivity contribution is 5.75. The molecule has 1 rings (SSSR count). The zero-order chi connectivity index (χ0) is 12.7. The van der Waals surface area contributed by atoms with Gasteiger partial charge < -0.3 is 15.4 Å². The Morgan fingerprint density at radius 2 is 1.94 bits per heavy atom. The highest BCUT2D eigenvalue weighted by Gasteiger charge is 2.03. The van der Waals surface area contributed by atoms with E-state index < -0.39 is 0 Å². The first kappa shape index (κ1) is 13.5. The molecule has 2 N–H and O–H groups in total. The Hall–Kier alpha value is -1.55. The van der Waals surface area contributed by atoms with Gasteiger partial charge in [-0.05, 0) is 24.1 Å². The molecule has 0 aliphatic heterocycles. The number of hydrogen-bond acceptors (Lipinski definition) is 3. The fraction of sp³-hybridized carbons (Fsp3) is 0.462. The largest absolute Gasteiger partial charge is 0.494 e. The fourth-order valence-corrected chi connectivity index (χ4v) is 1.36. The van der Waals surface area contributed by atoms with Gasteiger partial charge in [0, 0.05) is 27.1 Å². The van der Waals surface area contributed by atoms with Gasteiger partial charge in [-0.2, -0.15) is 0 Å². The second kappa shape index (κ2) is 6.91. The molecule has 0 radical (unpaired) electrons. The number of hydrogen-bond donors (Lipinski definition) is 1. The molecule has 1 amide bonds. The van der Waals surface area contributed by atoms with Gasteiger partial charge in [0.1, 0.15) is 5.75 Å². The Bertz CT molecular complexity index is 347. The van der Waals surface area contributed by atoms with Crippen molar-refractivity contribution in [3.05, 3.63) is 29.8 Å². The molecule has 94 valence electrons. The van der Waals surface area contributed by atoms with E-state index in [0.29, 0.717) is 19.6 Å². The summed E-state index contributed by atoms with van der Waals surface area (Å²) in [6, 6.07) is 7.69. The number of rotatable bonds is 6. The summed E-state index contributed by atoms with van der Waals surface area (Å²) in [5.74, 6) is 0.951. The van der Waals surface area contributed by atoms with Crippen LogP contribution in [0.3, 0.4) is 0 Å². The average molecular weight is 236 g/mol. The maximum absolute atomic E-state index is 11.3. The van der Waals surface area contributed by atoms with Crippen LogP contribution in [0.2, 0.25) is 0 Å². The highest BCUT2D eigenvalue weighted by atomic mass is 16.5. The Morgan fingerprint density at radius 3 is 2.47 bits per heavy atom. The summed E-state index contributed by atoms with van der Waals surface area (Å²) in [5, 5.41) is 0. The highest BCUT2D eigenvalue weighted by Crippen LogP contribution is 2.12. The number of carbonyl (C=O) groups is 1. The summed E-state index contributed by atoms with van der Waals surface area (Å²) in [5.41, 5.74) is 6.58. The maximum Gasteiger partial charge on any atom is 0.222 e. The van der Waals surface area contributed by atoms with Crippen LogP contribution in [0.5, 0.6) is 5.75 Å². The zero-order valence-electron chi connectivity index (χ0n) is 10.5. The minimum absolute atomic E-state index is 0.132. The Morgan fingerprint density at radius 1 is 1.29 bits per heavy atom. The van der Waals surface area contributed by atoms with Gasteiger partial charge in [0.15, 0.2) is 0 Å². The van der Waals surface area contributed by atoms with Crippen LogP contribution in [-0.2, 0) is 11.3 Å². The van der Waals surface area contributed by atoms with Gasteiger partial charge in [0.05, 0.1) is 6.61 Å². The lowest BCUT2D eigenvalue weighted by atomic mass is 10.2. The molecule has 0 aromatic heterocycles. The molecular weight excluding hydrogens is 216 g/mol. The summed E-state index contributed by atoms with van der Waals surface area (Å²) in [7, 11) is 3.52. The van der Waals surface area contributed by atoms with Crippen molar-refractivity contribution in [3.63, 3.8) is 0 Å². The van der Waals surface area contributed by atoms with Crippen molar-refractivity contribution in [2.75, 3.05) is 20.7 Å². The van der Waals surface area contributed by atoms with Crippen LogP contribution in [0.4, 0.5) is 0 Å². The number of amides is 1. The average Bonchev–Trinajstić information content (AvgIpc) is 2.35. The van der Waals surface area contributed by atoms with Crippen molar-refractivity contribution in [3.8, 4) is 5.75 Å². The third-order valence-electron chi connectivity index (χ3n) is 2.46. The summed E-state index contributed by atoms with van der Waals surface area (Å²) >= 11 is 0. The maximum atomic E-state index is 11.3. The van der Waals surface area contributed by atoms with Crippen LogP contribution in [0.15, 0.2) is 24.3 Å². The van der Waals surface area contributed by atoms with Crippen molar-refractivity contribution < 1.29 is 9.53 Å². The lowest BCUT2D eigenvalue weighted by molar-refractivity contribution is -0.128. The molecule has 1 aromatic carbocycles. The van der Waals surface area contributed by atoms with Gasteiger partial charge >= 0.3 is 0 Å². The van der Waals surface area contributed by atoms with Crippen LogP contribution in [0.1, 0.15) is 18.4 Å². The topological polar surface area (TPSA) is 55.6 Å². The smallest absolute Gasteiger partial charge is 0.222 e. The number of ether oxygens (including phenoxy) is 1. The summed E-state index contributed by atoms with van der Waals surface area (Å²) in [6.07, 6.45) is 1.25.